The average Bonchev–Trinajstić information content (AvgIpc) is 2.94. The van der Waals surface area contributed by atoms with E-state index in [9.17, 15) is 4.79 Å². The Morgan fingerprint density at radius 1 is 1.32 bits per heavy atom. The third-order valence-electron chi connectivity index (χ3n) is 3.67. The van der Waals surface area contributed by atoms with Crippen molar-refractivity contribution >= 4 is 17.4 Å². The molecule has 0 N–H and O–H groups in total. The van der Waals surface area contributed by atoms with Crippen LogP contribution in [0.25, 0.3) is 0 Å². The van der Waals surface area contributed by atoms with E-state index in [1.54, 1.807) is 0 Å². The Kier molecular flexibility index (Phi) is 3.69. The molecule has 0 aromatic heterocycles. The number of carbonyl (C=O) groups is 1. The summed E-state index contributed by atoms with van der Waals surface area (Å²) in [5, 5.41) is 0.385. The monoisotopic (exact) mass is 278 g/mol. The molecular formula is C15H15ClO3. The Hall–Kier alpha value is -1.16. The third kappa shape index (κ3) is 2.59. The van der Waals surface area contributed by atoms with Crippen molar-refractivity contribution in [2.75, 3.05) is 13.2 Å². The highest BCUT2D eigenvalue weighted by Gasteiger charge is 2.41. The second-order valence-corrected chi connectivity index (χ2v) is 5.30. The molecule has 1 aliphatic carbocycles. The van der Waals surface area contributed by atoms with Gasteiger partial charge in [0.1, 0.15) is 0 Å². The number of carbonyl (C=O) groups excluding carboxylic acids is 1. The van der Waals surface area contributed by atoms with Crippen LogP contribution in [-0.4, -0.2) is 25.1 Å². The van der Waals surface area contributed by atoms with Gasteiger partial charge in [0.2, 0.25) is 0 Å². The first kappa shape index (κ1) is 12.9. The molecule has 3 rings (SSSR count). The second kappa shape index (κ2) is 5.45. The molecule has 4 heteroatoms. The van der Waals surface area contributed by atoms with Crippen molar-refractivity contribution in [1.29, 1.82) is 0 Å². The van der Waals surface area contributed by atoms with Crippen molar-refractivity contribution in [1.82, 2.24) is 0 Å². The van der Waals surface area contributed by atoms with E-state index in [1.165, 1.54) is 0 Å². The second-order valence-electron chi connectivity index (χ2n) is 4.92. The van der Waals surface area contributed by atoms with Crippen LogP contribution < -0.4 is 0 Å². The molecule has 3 nitrogen and oxygen atoms in total. The topological polar surface area (TPSA) is 35.5 Å². The van der Waals surface area contributed by atoms with Gasteiger partial charge in [-0.15, -0.1) is 0 Å². The summed E-state index contributed by atoms with van der Waals surface area (Å²) in [6.45, 7) is 1.53. The van der Waals surface area contributed by atoms with E-state index >= 15 is 0 Å². The fourth-order valence-corrected chi connectivity index (χ4v) is 2.90. The van der Waals surface area contributed by atoms with Crippen molar-refractivity contribution in [3.63, 3.8) is 0 Å². The minimum atomic E-state index is -0.0427. The van der Waals surface area contributed by atoms with Crippen molar-refractivity contribution in [3.05, 3.63) is 46.5 Å². The molecule has 1 aromatic rings. The zero-order chi connectivity index (χ0) is 13.2. The number of ketones is 1. The summed E-state index contributed by atoms with van der Waals surface area (Å²) in [6.07, 6.45) is 0.423. The lowest BCUT2D eigenvalue weighted by Crippen LogP contribution is -2.22. The van der Waals surface area contributed by atoms with Crippen LogP contribution in [-0.2, 0) is 20.9 Å². The van der Waals surface area contributed by atoms with E-state index in [1.807, 2.05) is 30.3 Å². The van der Waals surface area contributed by atoms with Gasteiger partial charge in [-0.3, -0.25) is 4.79 Å². The molecule has 100 valence electrons. The van der Waals surface area contributed by atoms with Crippen LogP contribution in [0.3, 0.4) is 0 Å². The number of hydrogen-bond acceptors (Lipinski definition) is 3. The summed E-state index contributed by atoms with van der Waals surface area (Å²) < 4.78 is 11.3. The van der Waals surface area contributed by atoms with E-state index in [0.717, 1.165) is 11.1 Å². The quantitative estimate of drug-likeness (QED) is 0.849. The number of Topliss-reactive ketones (excluding diaryl/α,β-unsaturated/α-hetero) is 1. The summed E-state index contributed by atoms with van der Waals surface area (Å²) >= 11 is 5.97. The van der Waals surface area contributed by atoms with Crippen LogP contribution in [0.1, 0.15) is 12.0 Å². The molecule has 0 saturated carbocycles. The van der Waals surface area contributed by atoms with Gasteiger partial charge in [0.25, 0.3) is 0 Å². The van der Waals surface area contributed by atoms with Crippen LogP contribution >= 0.6 is 11.6 Å². The predicted octanol–water partition coefficient (Wildman–Crippen LogP) is 2.68. The van der Waals surface area contributed by atoms with Crippen molar-refractivity contribution in [2.45, 2.75) is 19.1 Å². The van der Waals surface area contributed by atoms with Crippen LogP contribution in [0.15, 0.2) is 40.9 Å². The summed E-state index contributed by atoms with van der Waals surface area (Å²) in [6, 6.07) is 10.0. The zero-order valence-corrected chi connectivity index (χ0v) is 11.2. The van der Waals surface area contributed by atoms with Gasteiger partial charge in [-0.25, -0.2) is 0 Å². The van der Waals surface area contributed by atoms with E-state index in [4.69, 9.17) is 21.1 Å². The Bertz CT molecular complexity index is 509. The lowest BCUT2D eigenvalue weighted by Gasteiger charge is -2.15. The highest BCUT2D eigenvalue weighted by atomic mass is 35.5. The Morgan fingerprint density at radius 2 is 2.11 bits per heavy atom. The molecule has 0 unspecified atom stereocenters. The Balaban J connectivity index is 1.54. The number of fused-ring (bicyclic) bond motifs is 1. The van der Waals surface area contributed by atoms with Gasteiger partial charge in [0, 0.05) is 12.3 Å². The first-order valence-electron chi connectivity index (χ1n) is 6.40. The minimum Gasteiger partial charge on any atom is -0.374 e. The zero-order valence-electron chi connectivity index (χ0n) is 10.5. The van der Waals surface area contributed by atoms with E-state index in [2.05, 4.69) is 0 Å². The van der Waals surface area contributed by atoms with Gasteiger partial charge in [0.15, 0.2) is 5.78 Å². The summed E-state index contributed by atoms with van der Waals surface area (Å²) in [5.41, 5.74) is 2.09. The van der Waals surface area contributed by atoms with Gasteiger partial charge < -0.3 is 9.47 Å². The van der Waals surface area contributed by atoms with E-state index < -0.39 is 0 Å². The van der Waals surface area contributed by atoms with Gasteiger partial charge in [-0.1, -0.05) is 41.9 Å². The van der Waals surface area contributed by atoms with E-state index in [-0.39, 0.29) is 17.8 Å². The van der Waals surface area contributed by atoms with Crippen LogP contribution in [0.4, 0.5) is 0 Å². The summed E-state index contributed by atoms with van der Waals surface area (Å²) in [4.78, 5) is 11.5. The molecule has 19 heavy (non-hydrogen) atoms. The molecule has 1 aromatic carbocycles. The lowest BCUT2D eigenvalue weighted by molar-refractivity contribution is -0.115. The SMILES string of the molecule is O=C1C[C@H]2C(=C1Cl)CO[C@@H]2COCc1ccccc1. The highest BCUT2D eigenvalue weighted by molar-refractivity contribution is 6.43. The van der Waals surface area contributed by atoms with Crippen molar-refractivity contribution < 1.29 is 14.3 Å². The Labute approximate surface area is 117 Å². The van der Waals surface area contributed by atoms with Crippen molar-refractivity contribution in [3.8, 4) is 0 Å². The predicted molar refractivity (Wildman–Crippen MR) is 71.8 cm³/mol. The number of allylic oxidation sites excluding steroid dienone is 1. The summed E-state index contributed by atoms with van der Waals surface area (Å²) in [7, 11) is 0. The van der Waals surface area contributed by atoms with Crippen molar-refractivity contribution in [2.24, 2.45) is 5.92 Å². The number of rotatable bonds is 4. The number of benzene rings is 1. The lowest BCUT2D eigenvalue weighted by atomic mass is 9.99. The summed E-state index contributed by atoms with van der Waals surface area (Å²) in [5.74, 6) is 0.161. The fourth-order valence-electron chi connectivity index (χ4n) is 2.63. The maximum Gasteiger partial charge on any atom is 0.174 e. The number of hydrogen-bond donors (Lipinski definition) is 0. The molecule has 2 aliphatic rings. The molecule has 1 fully saturated rings. The molecule has 0 spiro atoms. The third-order valence-corrected chi connectivity index (χ3v) is 4.13. The first-order valence-corrected chi connectivity index (χ1v) is 6.78. The smallest absolute Gasteiger partial charge is 0.174 e. The highest BCUT2D eigenvalue weighted by Crippen LogP contribution is 2.40. The van der Waals surface area contributed by atoms with Gasteiger partial charge in [-0.2, -0.15) is 0 Å². The maximum atomic E-state index is 11.5. The van der Waals surface area contributed by atoms with Gasteiger partial charge in [-0.05, 0) is 11.1 Å². The largest absolute Gasteiger partial charge is 0.374 e. The molecule has 1 saturated heterocycles. The molecule has 0 bridgehead atoms. The molecule has 2 atom stereocenters. The minimum absolute atomic E-state index is 0.0398. The maximum absolute atomic E-state index is 11.5. The van der Waals surface area contributed by atoms with Crippen LogP contribution in [0, 0.1) is 5.92 Å². The number of ether oxygens (including phenoxy) is 2. The first-order chi connectivity index (χ1) is 9.25. The average molecular weight is 279 g/mol. The van der Waals surface area contributed by atoms with E-state index in [0.29, 0.717) is 31.3 Å². The number of halogens is 1. The molecule has 0 amide bonds. The van der Waals surface area contributed by atoms with Crippen LogP contribution in [0.5, 0.6) is 0 Å². The molecular weight excluding hydrogens is 264 g/mol. The standard InChI is InChI=1S/C15H15ClO3/c16-15-12-8-19-14(11(12)6-13(15)17)9-18-7-10-4-2-1-3-5-10/h1-5,11,14H,6-9H2/t11-,14+/m0/s1. The molecule has 1 heterocycles. The Morgan fingerprint density at radius 3 is 2.89 bits per heavy atom. The molecule has 1 aliphatic heterocycles. The molecule has 0 radical (unpaired) electrons. The normalized spacial score (nSPS) is 26.1. The van der Waals surface area contributed by atoms with Crippen LogP contribution in [0.2, 0.25) is 0 Å². The van der Waals surface area contributed by atoms with Gasteiger partial charge in [0.05, 0.1) is 31.0 Å². The van der Waals surface area contributed by atoms with Gasteiger partial charge >= 0.3 is 0 Å². The fraction of sp³-hybridized carbons (Fsp3) is 0.400.